The maximum absolute atomic E-state index is 11.1. The van der Waals surface area contributed by atoms with Crippen molar-refractivity contribution in [1.29, 1.82) is 0 Å². The van der Waals surface area contributed by atoms with Gasteiger partial charge in [0.2, 0.25) is 0 Å². The molecule has 17 heavy (non-hydrogen) atoms. The third-order valence-electron chi connectivity index (χ3n) is 2.47. The van der Waals surface area contributed by atoms with Gasteiger partial charge in [-0.15, -0.1) is 0 Å². The number of aromatic nitrogens is 2. The monoisotopic (exact) mass is 250 g/mol. The van der Waals surface area contributed by atoms with Gasteiger partial charge in [-0.3, -0.25) is 0 Å². The molecule has 1 aromatic heterocycles. The predicted octanol–water partition coefficient (Wildman–Crippen LogP) is 2.59. The van der Waals surface area contributed by atoms with Gasteiger partial charge in [0.05, 0.1) is 12.0 Å². The molecule has 1 heterocycles. The van der Waals surface area contributed by atoms with E-state index in [9.17, 15) is 4.79 Å². The molecule has 0 spiro atoms. The molecule has 0 radical (unpaired) electrons. The standard InChI is InChI=1S/C12H11ClN2O2/c1-8-11(12(16)17)15(7-14-8)6-9-3-2-4-10(13)5-9/h2-5,7H,6H2,1H3,(H,16,17). The average Bonchev–Trinajstić information content (AvgIpc) is 2.59. The van der Waals surface area contributed by atoms with Crippen molar-refractivity contribution >= 4 is 17.6 Å². The van der Waals surface area contributed by atoms with Crippen LogP contribution in [0.3, 0.4) is 0 Å². The summed E-state index contributed by atoms with van der Waals surface area (Å²) in [5.41, 5.74) is 1.67. The average molecular weight is 251 g/mol. The van der Waals surface area contributed by atoms with E-state index in [1.165, 1.54) is 6.33 Å². The van der Waals surface area contributed by atoms with Crippen LogP contribution in [0.15, 0.2) is 30.6 Å². The number of nitrogens with zero attached hydrogens (tertiary/aromatic N) is 2. The van der Waals surface area contributed by atoms with Crippen molar-refractivity contribution in [3.63, 3.8) is 0 Å². The maximum Gasteiger partial charge on any atom is 0.354 e. The van der Waals surface area contributed by atoms with E-state index in [1.54, 1.807) is 17.6 Å². The van der Waals surface area contributed by atoms with Crippen LogP contribution in [-0.2, 0) is 6.54 Å². The molecular formula is C12H11ClN2O2. The molecule has 0 bridgehead atoms. The molecular weight excluding hydrogens is 240 g/mol. The van der Waals surface area contributed by atoms with Gasteiger partial charge in [-0.1, -0.05) is 23.7 Å². The van der Waals surface area contributed by atoms with Crippen LogP contribution in [0.4, 0.5) is 0 Å². The van der Waals surface area contributed by atoms with Gasteiger partial charge in [0.1, 0.15) is 5.69 Å². The summed E-state index contributed by atoms with van der Waals surface area (Å²) >= 11 is 5.88. The van der Waals surface area contributed by atoms with E-state index in [0.717, 1.165) is 5.56 Å². The molecule has 4 nitrogen and oxygen atoms in total. The number of imidazole rings is 1. The molecule has 0 fully saturated rings. The lowest BCUT2D eigenvalue weighted by Gasteiger charge is -2.06. The summed E-state index contributed by atoms with van der Waals surface area (Å²) in [4.78, 5) is 15.1. The Bertz CT molecular complexity index is 563. The smallest absolute Gasteiger partial charge is 0.354 e. The van der Waals surface area contributed by atoms with Crippen molar-refractivity contribution in [2.75, 3.05) is 0 Å². The van der Waals surface area contributed by atoms with Gasteiger partial charge in [0, 0.05) is 11.6 Å². The maximum atomic E-state index is 11.1. The first kappa shape index (κ1) is 11.7. The minimum absolute atomic E-state index is 0.213. The SMILES string of the molecule is Cc1ncn(Cc2cccc(Cl)c2)c1C(=O)O. The van der Waals surface area contributed by atoms with E-state index in [1.807, 2.05) is 18.2 Å². The van der Waals surface area contributed by atoms with E-state index in [2.05, 4.69) is 4.98 Å². The number of aryl methyl sites for hydroxylation is 1. The second-order valence-corrected chi connectivity index (χ2v) is 4.18. The minimum Gasteiger partial charge on any atom is -0.477 e. The molecule has 0 aliphatic heterocycles. The highest BCUT2D eigenvalue weighted by atomic mass is 35.5. The molecule has 0 atom stereocenters. The molecule has 1 N–H and O–H groups in total. The lowest BCUT2D eigenvalue weighted by molar-refractivity contribution is 0.0685. The van der Waals surface area contributed by atoms with Gasteiger partial charge in [-0.05, 0) is 24.6 Å². The van der Waals surface area contributed by atoms with Crippen molar-refractivity contribution in [3.8, 4) is 0 Å². The second kappa shape index (κ2) is 4.59. The fourth-order valence-corrected chi connectivity index (χ4v) is 1.93. The second-order valence-electron chi connectivity index (χ2n) is 3.74. The minimum atomic E-state index is -0.970. The van der Waals surface area contributed by atoms with Gasteiger partial charge in [-0.25, -0.2) is 9.78 Å². The van der Waals surface area contributed by atoms with Crippen LogP contribution >= 0.6 is 11.6 Å². The Kier molecular flexibility index (Phi) is 3.15. The summed E-state index contributed by atoms with van der Waals surface area (Å²) in [6.07, 6.45) is 1.53. The first-order chi connectivity index (χ1) is 8.08. The van der Waals surface area contributed by atoms with E-state index < -0.39 is 5.97 Å². The molecule has 2 rings (SSSR count). The predicted molar refractivity (Wildman–Crippen MR) is 64.5 cm³/mol. The zero-order chi connectivity index (χ0) is 12.4. The molecule has 0 aliphatic rings. The van der Waals surface area contributed by atoms with Crippen LogP contribution in [0.5, 0.6) is 0 Å². The van der Waals surface area contributed by atoms with Crippen molar-refractivity contribution in [2.45, 2.75) is 13.5 Å². The zero-order valence-electron chi connectivity index (χ0n) is 9.22. The lowest BCUT2D eigenvalue weighted by atomic mass is 10.2. The first-order valence-corrected chi connectivity index (χ1v) is 5.45. The molecule has 1 aromatic carbocycles. The molecule has 2 aromatic rings. The fourth-order valence-electron chi connectivity index (χ4n) is 1.71. The van der Waals surface area contributed by atoms with Crippen molar-refractivity contribution in [3.05, 3.63) is 52.6 Å². The Morgan fingerprint density at radius 2 is 2.29 bits per heavy atom. The van der Waals surface area contributed by atoms with Crippen molar-refractivity contribution in [2.24, 2.45) is 0 Å². The number of hydrogen-bond donors (Lipinski definition) is 1. The summed E-state index contributed by atoms with van der Waals surface area (Å²) < 4.78 is 1.60. The number of aromatic carboxylic acids is 1. The van der Waals surface area contributed by atoms with Crippen LogP contribution in [0.1, 0.15) is 21.7 Å². The third-order valence-corrected chi connectivity index (χ3v) is 2.70. The molecule has 0 amide bonds. The van der Waals surface area contributed by atoms with E-state index in [0.29, 0.717) is 17.3 Å². The number of benzene rings is 1. The number of halogens is 1. The Labute approximate surface area is 103 Å². The lowest BCUT2D eigenvalue weighted by Crippen LogP contribution is -2.09. The topological polar surface area (TPSA) is 55.1 Å². The normalized spacial score (nSPS) is 10.5. The van der Waals surface area contributed by atoms with Crippen LogP contribution < -0.4 is 0 Å². The summed E-state index contributed by atoms with van der Waals surface area (Å²) in [6.45, 7) is 2.13. The van der Waals surface area contributed by atoms with Gasteiger partial charge in [0.15, 0.2) is 0 Å². The molecule has 0 saturated carbocycles. The van der Waals surface area contributed by atoms with Crippen LogP contribution in [-0.4, -0.2) is 20.6 Å². The van der Waals surface area contributed by atoms with Crippen molar-refractivity contribution in [1.82, 2.24) is 9.55 Å². The van der Waals surface area contributed by atoms with Gasteiger partial charge < -0.3 is 9.67 Å². The van der Waals surface area contributed by atoms with Crippen LogP contribution in [0.25, 0.3) is 0 Å². The summed E-state index contributed by atoms with van der Waals surface area (Å²) in [6, 6.07) is 7.32. The highest BCUT2D eigenvalue weighted by Crippen LogP contribution is 2.14. The molecule has 5 heteroatoms. The Hall–Kier alpha value is -1.81. The summed E-state index contributed by atoms with van der Waals surface area (Å²) in [7, 11) is 0. The Balaban J connectivity index is 2.33. The fraction of sp³-hybridized carbons (Fsp3) is 0.167. The van der Waals surface area contributed by atoms with E-state index >= 15 is 0 Å². The highest BCUT2D eigenvalue weighted by Gasteiger charge is 2.14. The van der Waals surface area contributed by atoms with Crippen LogP contribution in [0.2, 0.25) is 5.02 Å². The number of carboxylic acid groups (broad SMARTS) is 1. The summed E-state index contributed by atoms with van der Waals surface area (Å²) in [5, 5.41) is 9.72. The van der Waals surface area contributed by atoms with E-state index in [-0.39, 0.29) is 5.69 Å². The Morgan fingerprint density at radius 1 is 1.53 bits per heavy atom. The largest absolute Gasteiger partial charge is 0.477 e. The first-order valence-electron chi connectivity index (χ1n) is 5.07. The third kappa shape index (κ3) is 2.47. The molecule has 0 saturated heterocycles. The number of hydrogen-bond acceptors (Lipinski definition) is 2. The van der Waals surface area contributed by atoms with E-state index in [4.69, 9.17) is 16.7 Å². The van der Waals surface area contributed by atoms with Crippen LogP contribution in [0, 0.1) is 6.92 Å². The van der Waals surface area contributed by atoms with Gasteiger partial charge in [0.25, 0.3) is 0 Å². The van der Waals surface area contributed by atoms with Crippen molar-refractivity contribution < 1.29 is 9.90 Å². The van der Waals surface area contributed by atoms with Gasteiger partial charge >= 0.3 is 5.97 Å². The Morgan fingerprint density at radius 3 is 2.94 bits per heavy atom. The number of carbonyl (C=O) groups is 1. The summed E-state index contributed by atoms with van der Waals surface area (Å²) in [5.74, 6) is -0.970. The molecule has 0 aliphatic carbocycles. The quantitative estimate of drug-likeness (QED) is 0.911. The number of carboxylic acids is 1. The number of rotatable bonds is 3. The van der Waals surface area contributed by atoms with Gasteiger partial charge in [-0.2, -0.15) is 0 Å². The molecule has 0 unspecified atom stereocenters. The zero-order valence-corrected chi connectivity index (χ0v) is 9.98. The highest BCUT2D eigenvalue weighted by molar-refractivity contribution is 6.30. The molecule has 88 valence electrons.